The number of carbonyl (C=O) groups excluding carboxylic acids is 2. The van der Waals surface area contributed by atoms with Crippen LogP contribution in [0.15, 0.2) is 11.5 Å². The molecule has 0 radical (unpaired) electrons. The maximum Gasteiger partial charge on any atom is 0.378 e. The van der Waals surface area contributed by atoms with Gasteiger partial charge in [0.1, 0.15) is 6.10 Å². The first-order valence-corrected chi connectivity index (χ1v) is 14.1. The Morgan fingerprint density at radius 2 is 1.20 bits per heavy atom. The van der Waals surface area contributed by atoms with Crippen LogP contribution in [-0.2, 0) is 19.1 Å². The second-order valence-corrected chi connectivity index (χ2v) is 9.88. The second-order valence-electron chi connectivity index (χ2n) is 9.88. The van der Waals surface area contributed by atoms with Crippen LogP contribution in [-0.4, -0.2) is 46.1 Å². The molecule has 204 valence electrons. The molecule has 7 heteroatoms. The number of unbranched alkanes of at least 4 members (excludes halogenated alkanes) is 18. The third-order valence-corrected chi connectivity index (χ3v) is 6.66. The monoisotopic (exact) mass is 498 g/mol. The molecule has 35 heavy (non-hydrogen) atoms. The Hall–Kier alpha value is -1.60. The van der Waals surface area contributed by atoms with Crippen molar-refractivity contribution >= 4 is 11.9 Å². The molecule has 0 bridgehead atoms. The zero-order chi connectivity index (χ0) is 25.7. The SMILES string of the molecule is CCCCCCCCCCCCCCCCCCCCCC(=O)OC1=C(O)C(=O)O[C@@H]1[C@@H](O)CO. The summed E-state index contributed by atoms with van der Waals surface area (Å²) in [6.07, 6.45) is 21.6. The number of hydrogen-bond acceptors (Lipinski definition) is 7. The average molecular weight is 499 g/mol. The van der Waals surface area contributed by atoms with E-state index < -0.39 is 42.3 Å². The molecule has 1 rings (SSSR count). The zero-order valence-electron chi connectivity index (χ0n) is 22.0. The molecule has 1 heterocycles. The van der Waals surface area contributed by atoms with E-state index in [2.05, 4.69) is 6.92 Å². The van der Waals surface area contributed by atoms with Crippen LogP contribution in [0.25, 0.3) is 0 Å². The van der Waals surface area contributed by atoms with Crippen molar-refractivity contribution in [2.24, 2.45) is 0 Å². The Morgan fingerprint density at radius 1 is 0.800 bits per heavy atom. The Balaban J connectivity index is 1.90. The Bertz CT molecular complexity index is 602. The fraction of sp³-hybridized carbons (Fsp3) is 0.857. The molecule has 1 aliphatic rings. The minimum absolute atomic E-state index is 0.158. The van der Waals surface area contributed by atoms with E-state index in [9.17, 15) is 19.8 Å². The Labute approximate surface area is 212 Å². The first-order valence-electron chi connectivity index (χ1n) is 14.1. The van der Waals surface area contributed by atoms with Gasteiger partial charge >= 0.3 is 11.9 Å². The van der Waals surface area contributed by atoms with Gasteiger partial charge in [0.15, 0.2) is 6.10 Å². The lowest BCUT2D eigenvalue weighted by Crippen LogP contribution is -2.33. The van der Waals surface area contributed by atoms with Crippen LogP contribution in [0.2, 0.25) is 0 Å². The summed E-state index contributed by atoms with van der Waals surface area (Å²) < 4.78 is 9.77. The zero-order valence-corrected chi connectivity index (χ0v) is 22.0. The van der Waals surface area contributed by atoms with Crippen molar-refractivity contribution in [3.05, 3.63) is 11.5 Å². The number of aliphatic hydroxyl groups excluding tert-OH is 3. The van der Waals surface area contributed by atoms with Crippen molar-refractivity contribution in [3.8, 4) is 0 Å². The number of cyclic esters (lactones) is 1. The molecule has 0 aromatic carbocycles. The molecule has 0 fully saturated rings. The maximum absolute atomic E-state index is 12.0. The third-order valence-electron chi connectivity index (χ3n) is 6.66. The lowest BCUT2D eigenvalue weighted by atomic mass is 10.0. The van der Waals surface area contributed by atoms with Crippen molar-refractivity contribution in [1.29, 1.82) is 0 Å². The van der Waals surface area contributed by atoms with Gasteiger partial charge in [-0.15, -0.1) is 0 Å². The number of aliphatic hydroxyl groups is 3. The normalized spacial score (nSPS) is 16.5. The van der Waals surface area contributed by atoms with Gasteiger partial charge in [-0.25, -0.2) is 4.79 Å². The fourth-order valence-corrected chi connectivity index (χ4v) is 4.44. The van der Waals surface area contributed by atoms with Gasteiger partial charge in [0.25, 0.3) is 0 Å². The molecule has 1 aliphatic heterocycles. The predicted octanol–water partition coefficient (Wildman–Crippen LogP) is 6.40. The summed E-state index contributed by atoms with van der Waals surface area (Å²) in [7, 11) is 0. The van der Waals surface area contributed by atoms with Gasteiger partial charge in [-0.3, -0.25) is 4.79 Å². The van der Waals surface area contributed by atoms with E-state index in [1.54, 1.807) is 0 Å². The molecule has 0 aromatic rings. The Kier molecular flexibility index (Phi) is 18.5. The van der Waals surface area contributed by atoms with Crippen LogP contribution in [0, 0.1) is 0 Å². The van der Waals surface area contributed by atoms with E-state index in [0.717, 1.165) is 19.3 Å². The fourth-order valence-electron chi connectivity index (χ4n) is 4.44. The summed E-state index contributed by atoms with van der Waals surface area (Å²) >= 11 is 0. The quantitative estimate of drug-likeness (QED) is 0.110. The minimum Gasteiger partial charge on any atom is -0.499 e. The molecule has 7 nitrogen and oxygen atoms in total. The number of ether oxygens (including phenoxy) is 2. The summed E-state index contributed by atoms with van der Waals surface area (Å²) in [5.74, 6) is -2.91. The van der Waals surface area contributed by atoms with Gasteiger partial charge in [0.2, 0.25) is 11.5 Å². The van der Waals surface area contributed by atoms with E-state index in [-0.39, 0.29) is 6.42 Å². The summed E-state index contributed by atoms with van der Waals surface area (Å²) in [5, 5.41) is 28.4. The van der Waals surface area contributed by atoms with Crippen LogP contribution in [0.5, 0.6) is 0 Å². The number of esters is 2. The molecule has 0 aromatic heterocycles. The molecule has 3 N–H and O–H groups in total. The van der Waals surface area contributed by atoms with E-state index in [0.29, 0.717) is 6.42 Å². The molecular formula is C28H50O7. The van der Waals surface area contributed by atoms with Gasteiger partial charge in [-0.1, -0.05) is 122 Å². The highest BCUT2D eigenvalue weighted by Crippen LogP contribution is 2.25. The van der Waals surface area contributed by atoms with E-state index in [1.807, 2.05) is 0 Å². The predicted molar refractivity (Wildman–Crippen MR) is 137 cm³/mol. The topological polar surface area (TPSA) is 113 Å². The van der Waals surface area contributed by atoms with Crippen LogP contribution >= 0.6 is 0 Å². The number of rotatable bonds is 23. The largest absolute Gasteiger partial charge is 0.499 e. The molecule has 0 spiro atoms. The van der Waals surface area contributed by atoms with E-state index in [1.165, 1.54) is 96.3 Å². The van der Waals surface area contributed by atoms with Crippen molar-refractivity contribution in [1.82, 2.24) is 0 Å². The molecule has 0 saturated carbocycles. The van der Waals surface area contributed by atoms with Gasteiger partial charge in [-0.05, 0) is 6.42 Å². The molecule has 2 atom stereocenters. The van der Waals surface area contributed by atoms with Crippen LogP contribution in [0.3, 0.4) is 0 Å². The van der Waals surface area contributed by atoms with E-state index >= 15 is 0 Å². The first-order chi connectivity index (χ1) is 17.0. The maximum atomic E-state index is 12.0. The molecule has 0 unspecified atom stereocenters. The lowest BCUT2D eigenvalue weighted by Gasteiger charge is -2.17. The third kappa shape index (κ3) is 14.5. The van der Waals surface area contributed by atoms with Crippen LogP contribution < -0.4 is 0 Å². The second kappa shape index (κ2) is 20.6. The first kappa shape index (κ1) is 31.4. The van der Waals surface area contributed by atoms with Crippen LogP contribution in [0.4, 0.5) is 0 Å². The van der Waals surface area contributed by atoms with Crippen molar-refractivity contribution < 1.29 is 34.4 Å². The summed E-state index contributed by atoms with van der Waals surface area (Å²) in [6, 6.07) is 0. The number of carbonyl (C=O) groups is 2. The van der Waals surface area contributed by atoms with Crippen molar-refractivity contribution in [3.63, 3.8) is 0 Å². The van der Waals surface area contributed by atoms with E-state index in [4.69, 9.17) is 14.6 Å². The highest BCUT2D eigenvalue weighted by atomic mass is 16.6. The Morgan fingerprint density at radius 3 is 1.60 bits per heavy atom. The highest BCUT2D eigenvalue weighted by molar-refractivity contribution is 5.90. The van der Waals surface area contributed by atoms with Gasteiger partial charge < -0.3 is 24.8 Å². The van der Waals surface area contributed by atoms with Gasteiger partial charge in [0.05, 0.1) is 6.61 Å². The molecule has 0 saturated heterocycles. The van der Waals surface area contributed by atoms with Gasteiger partial charge in [0, 0.05) is 6.42 Å². The highest BCUT2D eigenvalue weighted by Gasteiger charge is 2.41. The summed E-state index contributed by atoms with van der Waals surface area (Å²) in [5.41, 5.74) is 0. The van der Waals surface area contributed by atoms with Crippen LogP contribution in [0.1, 0.15) is 135 Å². The smallest absolute Gasteiger partial charge is 0.378 e. The van der Waals surface area contributed by atoms with Crippen molar-refractivity contribution in [2.75, 3.05) is 6.61 Å². The molecule has 0 aliphatic carbocycles. The number of hydrogen-bond donors (Lipinski definition) is 3. The van der Waals surface area contributed by atoms with Crippen molar-refractivity contribution in [2.45, 2.75) is 148 Å². The van der Waals surface area contributed by atoms with Gasteiger partial charge in [-0.2, -0.15) is 0 Å². The standard InChI is InChI=1S/C28H50O7/c1-2-3-4-5-6-7-8-9-10-11-12-13-14-15-16-17-18-19-20-21-24(31)34-27-25(32)28(33)35-26(27)23(30)22-29/h23,26,29-30,32H,2-22H2,1H3/t23-,26+/m0/s1. The molecule has 0 amide bonds. The minimum atomic E-state index is -1.46. The molecular weight excluding hydrogens is 448 g/mol. The summed E-state index contributed by atoms with van der Waals surface area (Å²) in [6.45, 7) is 1.58. The summed E-state index contributed by atoms with van der Waals surface area (Å²) in [4.78, 5) is 23.4. The average Bonchev–Trinajstić information content (AvgIpc) is 3.13. The lowest BCUT2D eigenvalue weighted by molar-refractivity contribution is -0.151.